The molecular weight excluding hydrogens is 248 g/mol. The van der Waals surface area contributed by atoms with Gasteiger partial charge in [-0.25, -0.2) is 8.78 Å². The average molecular weight is 269 g/mol. The van der Waals surface area contributed by atoms with Crippen LogP contribution in [0, 0.1) is 11.6 Å². The standard InChI is InChI=1S/C15H21F2NO/c1-3-5-18-14-4-6-19-15(2,10-14)11-7-12(16)9-13(17)8-11/h7-9,14,18H,3-6,10H2,1-2H3. The van der Waals surface area contributed by atoms with E-state index in [1.807, 2.05) is 6.92 Å². The van der Waals surface area contributed by atoms with Crippen LogP contribution in [0.25, 0.3) is 0 Å². The molecule has 1 fully saturated rings. The Balaban J connectivity index is 2.16. The van der Waals surface area contributed by atoms with Crippen molar-refractivity contribution in [3.8, 4) is 0 Å². The molecule has 1 aliphatic heterocycles. The van der Waals surface area contributed by atoms with Crippen LogP contribution in [-0.2, 0) is 10.3 Å². The largest absolute Gasteiger partial charge is 0.370 e. The van der Waals surface area contributed by atoms with Crippen molar-refractivity contribution in [2.45, 2.75) is 44.8 Å². The Morgan fingerprint density at radius 3 is 2.63 bits per heavy atom. The highest BCUT2D eigenvalue weighted by Crippen LogP contribution is 2.35. The molecule has 106 valence electrons. The topological polar surface area (TPSA) is 21.3 Å². The molecule has 1 aromatic rings. The lowest BCUT2D eigenvalue weighted by atomic mass is 9.85. The first-order chi connectivity index (χ1) is 9.03. The molecule has 0 aromatic heterocycles. The number of hydrogen-bond donors (Lipinski definition) is 1. The number of rotatable bonds is 4. The fraction of sp³-hybridized carbons (Fsp3) is 0.600. The Labute approximate surface area is 113 Å². The van der Waals surface area contributed by atoms with Crippen molar-refractivity contribution in [2.24, 2.45) is 0 Å². The predicted octanol–water partition coefficient (Wildman–Crippen LogP) is 3.36. The quantitative estimate of drug-likeness (QED) is 0.905. The maximum Gasteiger partial charge on any atom is 0.126 e. The number of halogens is 2. The first-order valence-electron chi connectivity index (χ1n) is 6.87. The van der Waals surface area contributed by atoms with Gasteiger partial charge in [-0.15, -0.1) is 0 Å². The zero-order chi connectivity index (χ0) is 13.9. The first-order valence-corrected chi connectivity index (χ1v) is 6.87. The lowest BCUT2D eigenvalue weighted by Gasteiger charge is -2.39. The number of benzene rings is 1. The summed E-state index contributed by atoms with van der Waals surface area (Å²) in [6.45, 7) is 5.59. The van der Waals surface area contributed by atoms with E-state index in [2.05, 4.69) is 12.2 Å². The SMILES string of the molecule is CCCNC1CCOC(C)(c2cc(F)cc(F)c2)C1. The van der Waals surface area contributed by atoms with Crippen molar-refractivity contribution in [1.82, 2.24) is 5.32 Å². The molecule has 0 spiro atoms. The van der Waals surface area contributed by atoms with E-state index in [0.717, 1.165) is 31.9 Å². The summed E-state index contributed by atoms with van der Waals surface area (Å²) >= 11 is 0. The van der Waals surface area contributed by atoms with Crippen molar-refractivity contribution < 1.29 is 13.5 Å². The summed E-state index contributed by atoms with van der Waals surface area (Å²) in [7, 11) is 0. The summed E-state index contributed by atoms with van der Waals surface area (Å²) in [5, 5.41) is 3.46. The minimum Gasteiger partial charge on any atom is -0.370 e. The molecule has 0 amide bonds. The van der Waals surface area contributed by atoms with Gasteiger partial charge in [0.2, 0.25) is 0 Å². The molecular formula is C15H21F2NO. The Morgan fingerprint density at radius 1 is 1.32 bits per heavy atom. The summed E-state index contributed by atoms with van der Waals surface area (Å²) in [6.07, 6.45) is 2.74. The zero-order valence-corrected chi connectivity index (χ0v) is 11.5. The third-order valence-corrected chi connectivity index (χ3v) is 3.68. The van der Waals surface area contributed by atoms with E-state index >= 15 is 0 Å². The van der Waals surface area contributed by atoms with Gasteiger partial charge in [-0.05, 0) is 50.4 Å². The van der Waals surface area contributed by atoms with Gasteiger partial charge in [0, 0.05) is 18.7 Å². The minimum absolute atomic E-state index is 0.338. The second kappa shape index (κ2) is 5.97. The smallest absolute Gasteiger partial charge is 0.126 e. The van der Waals surface area contributed by atoms with E-state index in [4.69, 9.17) is 4.74 Å². The van der Waals surface area contributed by atoms with Gasteiger partial charge >= 0.3 is 0 Å². The van der Waals surface area contributed by atoms with E-state index < -0.39 is 17.2 Å². The molecule has 1 heterocycles. The molecule has 0 bridgehead atoms. The molecule has 19 heavy (non-hydrogen) atoms. The molecule has 4 heteroatoms. The lowest BCUT2D eigenvalue weighted by Crippen LogP contribution is -2.44. The molecule has 0 radical (unpaired) electrons. The Morgan fingerprint density at radius 2 is 2.00 bits per heavy atom. The molecule has 1 saturated heterocycles. The van der Waals surface area contributed by atoms with Crippen molar-refractivity contribution in [3.05, 3.63) is 35.4 Å². The van der Waals surface area contributed by atoms with Crippen LogP contribution in [0.15, 0.2) is 18.2 Å². The molecule has 2 atom stereocenters. The van der Waals surface area contributed by atoms with E-state index in [0.29, 0.717) is 18.2 Å². The van der Waals surface area contributed by atoms with Gasteiger partial charge in [-0.2, -0.15) is 0 Å². The van der Waals surface area contributed by atoms with Crippen molar-refractivity contribution in [1.29, 1.82) is 0 Å². The Kier molecular flexibility index (Phi) is 4.53. The fourth-order valence-electron chi connectivity index (χ4n) is 2.64. The number of hydrogen-bond acceptors (Lipinski definition) is 2. The van der Waals surface area contributed by atoms with Gasteiger partial charge in [-0.1, -0.05) is 6.92 Å². The maximum atomic E-state index is 13.3. The van der Waals surface area contributed by atoms with Gasteiger partial charge in [0.15, 0.2) is 0 Å². The van der Waals surface area contributed by atoms with Crippen molar-refractivity contribution in [3.63, 3.8) is 0 Å². The van der Waals surface area contributed by atoms with E-state index in [-0.39, 0.29) is 0 Å². The molecule has 1 aromatic carbocycles. The number of ether oxygens (including phenoxy) is 1. The van der Waals surface area contributed by atoms with E-state index in [9.17, 15) is 8.78 Å². The molecule has 0 saturated carbocycles. The monoisotopic (exact) mass is 269 g/mol. The first kappa shape index (κ1) is 14.4. The third-order valence-electron chi connectivity index (χ3n) is 3.68. The highest BCUT2D eigenvalue weighted by molar-refractivity contribution is 5.25. The van der Waals surface area contributed by atoms with Crippen LogP contribution < -0.4 is 5.32 Å². The van der Waals surface area contributed by atoms with Crippen LogP contribution in [-0.4, -0.2) is 19.2 Å². The van der Waals surface area contributed by atoms with Crippen molar-refractivity contribution in [2.75, 3.05) is 13.2 Å². The molecule has 2 unspecified atom stereocenters. The minimum atomic E-state index is -0.618. The van der Waals surface area contributed by atoms with Crippen LogP contribution in [0.2, 0.25) is 0 Å². The number of nitrogens with one attached hydrogen (secondary N) is 1. The fourth-order valence-corrected chi connectivity index (χ4v) is 2.64. The zero-order valence-electron chi connectivity index (χ0n) is 11.5. The summed E-state index contributed by atoms with van der Waals surface area (Å²) in [6, 6.07) is 3.96. The summed E-state index contributed by atoms with van der Waals surface area (Å²) < 4.78 is 32.5. The molecule has 1 aliphatic rings. The highest BCUT2D eigenvalue weighted by atomic mass is 19.1. The van der Waals surface area contributed by atoms with Crippen LogP contribution >= 0.6 is 0 Å². The average Bonchev–Trinajstić information content (AvgIpc) is 2.35. The lowest BCUT2D eigenvalue weighted by molar-refractivity contribution is -0.0815. The predicted molar refractivity (Wildman–Crippen MR) is 71.0 cm³/mol. The van der Waals surface area contributed by atoms with E-state index in [1.54, 1.807) is 0 Å². The van der Waals surface area contributed by atoms with Crippen LogP contribution in [0.1, 0.15) is 38.7 Å². The normalized spacial score (nSPS) is 27.5. The second-order valence-electron chi connectivity index (χ2n) is 5.38. The van der Waals surface area contributed by atoms with Crippen LogP contribution in [0.4, 0.5) is 8.78 Å². The third kappa shape index (κ3) is 3.51. The second-order valence-corrected chi connectivity index (χ2v) is 5.38. The van der Waals surface area contributed by atoms with Crippen molar-refractivity contribution >= 4 is 0 Å². The summed E-state index contributed by atoms with van der Waals surface area (Å²) in [4.78, 5) is 0. The van der Waals surface area contributed by atoms with Gasteiger partial charge in [0.05, 0.1) is 5.60 Å². The van der Waals surface area contributed by atoms with E-state index in [1.165, 1.54) is 12.1 Å². The Bertz CT molecular complexity index is 418. The highest BCUT2D eigenvalue weighted by Gasteiger charge is 2.35. The van der Waals surface area contributed by atoms with Crippen LogP contribution in [0.5, 0.6) is 0 Å². The molecule has 1 N–H and O–H groups in total. The van der Waals surface area contributed by atoms with Gasteiger partial charge in [0.1, 0.15) is 11.6 Å². The van der Waals surface area contributed by atoms with Crippen LogP contribution in [0.3, 0.4) is 0 Å². The summed E-state index contributed by atoms with van der Waals surface area (Å²) in [5.74, 6) is -1.10. The van der Waals surface area contributed by atoms with Gasteiger partial charge < -0.3 is 10.1 Å². The maximum absolute atomic E-state index is 13.3. The molecule has 2 rings (SSSR count). The van der Waals surface area contributed by atoms with Gasteiger partial charge in [-0.3, -0.25) is 0 Å². The molecule has 2 nitrogen and oxygen atoms in total. The summed E-state index contributed by atoms with van der Waals surface area (Å²) in [5.41, 5.74) is -0.0416. The molecule has 0 aliphatic carbocycles. The Hall–Kier alpha value is -1.00. The van der Waals surface area contributed by atoms with Gasteiger partial charge in [0.25, 0.3) is 0 Å².